The summed E-state index contributed by atoms with van der Waals surface area (Å²) >= 11 is 0. The minimum Gasteiger partial charge on any atom is -1.00 e. The predicted octanol–water partition coefficient (Wildman–Crippen LogP) is -2.91. The molecular formula is C53H75ClF3K2N13O15S2. The fourth-order valence-corrected chi connectivity index (χ4v) is 10.7. The van der Waals surface area contributed by atoms with Crippen molar-refractivity contribution in [2.75, 3.05) is 79.8 Å². The number of nitrogens with zero attached hydrogens (tertiary/aromatic N) is 10. The minimum atomic E-state index is -5.08. The number of rotatable bonds is 22. The van der Waals surface area contributed by atoms with E-state index in [1.807, 2.05) is 27.8 Å². The molecule has 2 saturated heterocycles. The molecule has 6 N–H and O–H groups in total. The molecule has 484 valence electrons. The molecule has 0 unspecified atom stereocenters. The number of aromatic nitrogens is 8. The summed E-state index contributed by atoms with van der Waals surface area (Å²) in [6, 6.07) is 11.4. The molecule has 0 bridgehead atoms. The molecule has 6 aromatic rings. The Bertz CT molecular complexity index is 3630. The second-order valence-corrected chi connectivity index (χ2v) is 23.6. The third-order valence-corrected chi connectivity index (χ3v) is 16.0. The van der Waals surface area contributed by atoms with Crippen molar-refractivity contribution in [3.63, 3.8) is 0 Å². The van der Waals surface area contributed by atoms with E-state index < -0.39 is 31.2 Å². The Kier molecular flexibility index (Phi) is 37.7. The maximum Gasteiger partial charge on any atom is 1.00 e. The number of fused-ring (bicyclic) bond motifs is 2. The maximum absolute atomic E-state index is 13.4. The number of hydrogen-bond acceptors (Lipinski definition) is 22. The van der Waals surface area contributed by atoms with E-state index in [1.54, 1.807) is 37.4 Å². The number of alkyl halides is 3. The van der Waals surface area contributed by atoms with Crippen LogP contribution in [0.2, 0.25) is 0 Å². The molecule has 6 heterocycles. The van der Waals surface area contributed by atoms with Gasteiger partial charge in [-0.2, -0.15) is 22.7 Å². The minimum absolute atomic E-state index is 0. The van der Waals surface area contributed by atoms with Crippen LogP contribution < -0.4 is 134 Å². The van der Waals surface area contributed by atoms with E-state index in [-0.39, 0.29) is 156 Å². The zero-order valence-electron chi connectivity index (χ0n) is 52.6. The van der Waals surface area contributed by atoms with Gasteiger partial charge in [0.15, 0.2) is 22.7 Å². The van der Waals surface area contributed by atoms with Crippen LogP contribution in [0, 0.1) is 25.2 Å². The van der Waals surface area contributed by atoms with Gasteiger partial charge >= 0.3 is 115 Å². The molecule has 0 atom stereocenters. The first-order chi connectivity index (χ1) is 41.1. The number of halogens is 4. The molecule has 0 amide bonds. The predicted molar refractivity (Wildman–Crippen MR) is 312 cm³/mol. The van der Waals surface area contributed by atoms with E-state index in [0.29, 0.717) is 121 Å². The van der Waals surface area contributed by atoms with Crippen molar-refractivity contribution < 1.29 is 179 Å². The van der Waals surface area contributed by atoms with E-state index in [2.05, 4.69) is 57.2 Å². The molecule has 2 fully saturated rings. The Morgan fingerprint density at radius 1 is 0.809 bits per heavy atom. The number of likely N-dealkylation sites (N-methyl/N-ethyl adjacent to an activating group) is 2. The van der Waals surface area contributed by atoms with Gasteiger partial charge in [-0.05, 0) is 104 Å². The molecule has 2 aliphatic heterocycles. The summed E-state index contributed by atoms with van der Waals surface area (Å²) in [4.78, 5) is 64.5. The second kappa shape index (κ2) is 40.3. The molecule has 8 rings (SSSR count). The molecule has 4 aromatic heterocycles. The summed E-state index contributed by atoms with van der Waals surface area (Å²) in [6.07, 6.45) is -0.556. The number of ether oxygens (including phenoxy) is 2. The van der Waals surface area contributed by atoms with Crippen LogP contribution in [-0.2, 0) is 46.4 Å². The van der Waals surface area contributed by atoms with Crippen LogP contribution >= 0.6 is 10.7 Å². The summed E-state index contributed by atoms with van der Waals surface area (Å²) in [5.74, 6) is -0.211. The molecule has 0 spiro atoms. The number of nitriles is 1. The monoisotopic (exact) mass is 1370 g/mol. The number of H-pyrrole nitrogens is 2. The number of carbonyl (C=O) groups is 2. The quantitative estimate of drug-likeness (QED) is 0.0130. The number of hydrogen-bond donors (Lipinski definition) is 6. The molecule has 2 aromatic carbocycles. The van der Waals surface area contributed by atoms with Crippen LogP contribution in [0.3, 0.4) is 0 Å². The van der Waals surface area contributed by atoms with Gasteiger partial charge in [-0.25, -0.2) is 40.6 Å². The number of aryl methyl sites for hydroxylation is 4. The van der Waals surface area contributed by atoms with Crippen LogP contribution in [-0.4, -0.2) is 196 Å². The van der Waals surface area contributed by atoms with Gasteiger partial charge in [-0.1, -0.05) is 13.8 Å². The third-order valence-electron chi connectivity index (χ3n) is 12.8. The van der Waals surface area contributed by atoms with Crippen LogP contribution in [0.4, 0.5) is 13.2 Å². The zero-order valence-corrected chi connectivity index (χ0v) is 60.2. The first-order valence-corrected chi connectivity index (χ1v) is 31.0. The molecule has 2 aliphatic rings. The largest absolute Gasteiger partial charge is 1.00 e. The maximum atomic E-state index is 13.4. The number of aromatic amines is 2. The standard InChI is InChI=1S/C24H34N6O5S.C17H19ClN4O4S.C7H16N2O.C2HF3O2.C2H3N.CH2O3.2K.H/c1-5-8-21-25-16(3)22-24(32)26-23(27-30(21)22)19-13-18(9-10-20(19)35-6-2)36(33,34)29-14-17(15-29)28(4)11-7-12-31;1-4-6-14-19-10(3)15-17(23)20-16(21-22(14)15)12-9-11(27(18,24)25)7-8-13(12)26-5-2;1-9(3-2-4-10)7-5-8-6-7;3-2(4,5)1(6)7;1-2-3;2-1-4-3;;;/h9-10,13,17,31H,5-8,11-12,14-15H2,1-4H3,(H,26,27,32);7-9H,4-6H2,1-3H3,(H,20,21,23);7-8,10H,2-6H2,1H3;(H,6,7);1H3;1,3H;;;/q;;;;;;2*+1;-1/p-1. The van der Waals surface area contributed by atoms with Gasteiger partial charge < -0.3 is 61.4 Å². The normalized spacial score (nSPS) is 13.1. The molecule has 89 heavy (non-hydrogen) atoms. The number of aliphatic hydroxyl groups is 2. The number of aliphatic carboxylic acids is 1. The Labute approximate surface area is 604 Å². The van der Waals surface area contributed by atoms with Crippen LogP contribution in [0.25, 0.3) is 33.8 Å². The first kappa shape index (κ1) is 83.2. The third kappa shape index (κ3) is 24.2. The van der Waals surface area contributed by atoms with Gasteiger partial charge in [0.05, 0.1) is 51.6 Å². The molecule has 0 saturated carbocycles. The fraction of sp³-hybridized carbons (Fsp3) is 0.528. The number of aliphatic hydroxyl groups excluding tert-OH is 2. The average molecular weight is 1370 g/mol. The number of carboxylic acid groups (broad SMARTS) is 1. The Morgan fingerprint density at radius 3 is 1.52 bits per heavy atom. The van der Waals surface area contributed by atoms with Crippen molar-refractivity contribution in [2.45, 2.75) is 115 Å². The number of benzene rings is 2. The Balaban J connectivity index is 0.00000128. The van der Waals surface area contributed by atoms with Crippen molar-refractivity contribution in [1.29, 1.82) is 5.26 Å². The van der Waals surface area contributed by atoms with Gasteiger partial charge in [0.1, 0.15) is 23.1 Å². The summed E-state index contributed by atoms with van der Waals surface area (Å²) in [5.41, 5.74) is 1.92. The average Bonchev–Trinajstić information content (AvgIpc) is 1.31. The molecule has 0 aliphatic carbocycles. The van der Waals surface area contributed by atoms with Crippen molar-refractivity contribution in [3.05, 3.63) is 80.1 Å². The van der Waals surface area contributed by atoms with Crippen molar-refractivity contribution in [2.24, 2.45) is 0 Å². The summed E-state index contributed by atoms with van der Waals surface area (Å²) in [5, 5.41) is 52.8. The number of carboxylic acids is 1. The van der Waals surface area contributed by atoms with E-state index >= 15 is 0 Å². The number of nitrogens with one attached hydrogen (secondary N) is 3. The van der Waals surface area contributed by atoms with Crippen LogP contribution in [0.5, 0.6) is 11.5 Å². The van der Waals surface area contributed by atoms with E-state index in [0.717, 1.165) is 38.9 Å². The zero-order chi connectivity index (χ0) is 65.4. The van der Waals surface area contributed by atoms with Crippen molar-refractivity contribution in [1.82, 2.24) is 58.6 Å². The van der Waals surface area contributed by atoms with Gasteiger partial charge in [-0.15, -0.1) is 10.2 Å². The van der Waals surface area contributed by atoms with Crippen LogP contribution in [0.15, 0.2) is 55.8 Å². The van der Waals surface area contributed by atoms with Gasteiger partial charge in [0.25, 0.3) is 26.6 Å². The number of imidazole rings is 2. The molecule has 36 heteroatoms. The van der Waals surface area contributed by atoms with Crippen molar-refractivity contribution in [3.8, 4) is 40.3 Å². The smallest absolute Gasteiger partial charge is 1.00 e. The second-order valence-electron chi connectivity index (χ2n) is 19.1. The summed E-state index contributed by atoms with van der Waals surface area (Å²) in [7, 11) is 1.81. The van der Waals surface area contributed by atoms with Gasteiger partial charge in [0.2, 0.25) is 10.0 Å². The van der Waals surface area contributed by atoms with E-state index in [9.17, 15) is 39.6 Å². The summed E-state index contributed by atoms with van der Waals surface area (Å²) < 4.78 is 97.8. The fourth-order valence-electron chi connectivity index (χ4n) is 8.38. The number of sulfonamides is 1. The molecule has 28 nitrogen and oxygen atoms in total. The number of carbonyl (C=O) groups excluding carboxylic acids is 1. The topological polar surface area (TPSA) is 386 Å². The Morgan fingerprint density at radius 2 is 1.19 bits per heavy atom. The van der Waals surface area contributed by atoms with Gasteiger partial charge in [0, 0.05) is 95.0 Å². The first-order valence-electron chi connectivity index (χ1n) is 27.2. The SMILES string of the molecule is CC#N.CCCc1nc(C)c2c(=O)[nH]c(-c3cc(S(=O)(=O)Cl)ccc3OCC)nn12.CCCc1nc(C)c2c(=O)[nH]c(-c3cc(S(=O)(=O)N4CC(N(C)CCCO)C4)ccc3OCC)nn12.CN(CCCO)C1CNC1.O=C(O)C(F)(F)F.O=CO[O-].[H-].[K+].[K+]. The van der Waals surface area contributed by atoms with Gasteiger partial charge in [-0.3, -0.25) is 14.4 Å². The van der Waals surface area contributed by atoms with Crippen LogP contribution in [0.1, 0.15) is 84.8 Å². The van der Waals surface area contributed by atoms with Crippen molar-refractivity contribution >= 4 is 53.2 Å². The molecule has 0 radical (unpaired) electrons. The molecular weight excluding hydrogens is 1290 g/mol. The van der Waals surface area contributed by atoms with E-state index in [1.165, 1.54) is 46.1 Å². The Hall–Kier alpha value is -3.86. The van der Waals surface area contributed by atoms with E-state index in [4.69, 9.17) is 55.6 Å². The summed E-state index contributed by atoms with van der Waals surface area (Å²) in [6.45, 7) is 18.3.